The SMILES string of the molecule is CN(C=O)CCCC/C=C\[C@@H]1C[C@H]1NC=O. The first-order valence-corrected chi connectivity index (χ1v) is 5.80. The summed E-state index contributed by atoms with van der Waals surface area (Å²) in [6.07, 6.45) is 10.3. The van der Waals surface area contributed by atoms with Gasteiger partial charge in [-0.15, -0.1) is 0 Å². The Balaban J connectivity index is 1.93. The van der Waals surface area contributed by atoms with Gasteiger partial charge in [0, 0.05) is 19.6 Å². The minimum atomic E-state index is 0.370. The predicted molar refractivity (Wildman–Crippen MR) is 62.8 cm³/mol. The summed E-state index contributed by atoms with van der Waals surface area (Å²) in [4.78, 5) is 22.1. The van der Waals surface area contributed by atoms with Gasteiger partial charge in [-0.2, -0.15) is 0 Å². The maximum atomic E-state index is 10.3. The minimum Gasteiger partial charge on any atom is -0.355 e. The first kappa shape index (κ1) is 12.7. The second-order valence-electron chi connectivity index (χ2n) is 4.30. The number of hydrogen-bond acceptors (Lipinski definition) is 2. The van der Waals surface area contributed by atoms with Crippen molar-refractivity contribution in [1.82, 2.24) is 10.2 Å². The molecule has 1 aliphatic carbocycles. The fourth-order valence-corrected chi connectivity index (χ4v) is 1.65. The largest absolute Gasteiger partial charge is 0.355 e. The lowest BCUT2D eigenvalue weighted by atomic mass is 10.2. The molecule has 1 fully saturated rings. The van der Waals surface area contributed by atoms with Crippen LogP contribution in [0.5, 0.6) is 0 Å². The number of allylic oxidation sites excluding steroid dienone is 1. The Morgan fingerprint density at radius 1 is 1.38 bits per heavy atom. The van der Waals surface area contributed by atoms with Crippen molar-refractivity contribution in [3.8, 4) is 0 Å². The normalized spacial score (nSPS) is 23.1. The third-order valence-corrected chi connectivity index (χ3v) is 2.82. The van der Waals surface area contributed by atoms with Crippen LogP contribution in [0.3, 0.4) is 0 Å². The Bertz CT molecular complexity index is 253. The standard InChI is InChI=1S/C12H20N2O2/c1-14(10-16)7-5-3-2-4-6-11-8-12(11)13-9-15/h4,6,9-12H,2-3,5,7-8H2,1H3,(H,13,15)/b6-4-/t11-,12-/m1/s1. The van der Waals surface area contributed by atoms with Gasteiger partial charge in [0.05, 0.1) is 0 Å². The van der Waals surface area contributed by atoms with Crippen molar-refractivity contribution in [3.63, 3.8) is 0 Å². The summed E-state index contributed by atoms with van der Waals surface area (Å²) in [5.41, 5.74) is 0. The van der Waals surface area contributed by atoms with Crippen molar-refractivity contribution >= 4 is 12.8 Å². The van der Waals surface area contributed by atoms with Crippen molar-refractivity contribution in [1.29, 1.82) is 0 Å². The number of rotatable bonds is 9. The van der Waals surface area contributed by atoms with E-state index >= 15 is 0 Å². The van der Waals surface area contributed by atoms with Gasteiger partial charge in [-0.3, -0.25) is 9.59 Å². The van der Waals surface area contributed by atoms with Crippen LogP contribution in [0.2, 0.25) is 0 Å². The molecular formula is C12H20N2O2. The quantitative estimate of drug-likeness (QED) is 0.360. The molecule has 1 rings (SSSR count). The van der Waals surface area contributed by atoms with E-state index in [1.54, 1.807) is 11.9 Å². The lowest BCUT2D eigenvalue weighted by Gasteiger charge is -2.08. The summed E-state index contributed by atoms with van der Waals surface area (Å²) in [7, 11) is 1.79. The molecule has 0 heterocycles. The lowest BCUT2D eigenvalue weighted by Crippen LogP contribution is -2.16. The van der Waals surface area contributed by atoms with Gasteiger partial charge >= 0.3 is 0 Å². The molecule has 0 saturated heterocycles. The van der Waals surface area contributed by atoms with Crippen LogP contribution in [0.4, 0.5) is 0 Å². The topological polar surface area (TPSA) is 49.4 Å². The maximum Gasteiger partial charge on any atom is 0.209 e. The number of amides is 2. The zero-order chi connectivity index (χ0) is 11.8. The van der Waals surface area contributed by atoms with Crippen LogP contribution in [0.1, 0.15) is 25.7 Å². The molecule has 0 aliphatic heterocycles. The summed E-state index contributed by atoms with van der Waals surface area (Å²) in [6.45, 7) is 0.829. The van der Waals surface area contributed by atoms with Crippen LogP contribution < -0.4 is 5.32 Å². The molecule has 90 valence electrons. The number of carbonyl (C=O) groups excluding carboxylic acids is 2. The summed E-state index contributed by atoms with van der Waals surface area (Å²) in [5, 5.41) is 2.77. The molecule has 4 heteroatoms. The van der Waals surface area contributed by atoms with Crippen LogP contribution in [0.25, 0.3) is 0 Å². The molecule has 0 spiro atoms. The van der Waals surface area contributed by atoms with Gasteiger partial charge in [-0.05, 0) is 31.6 Å². The van der Waals surface area contributed by atoms with E-state index in [-0.39, 0.29) is 0 Å². The van der Waals surface area contributed by atoms with Gasteiger partial charge in [0.1, 0.15) is 0 Å². The zero-order valence-electron chi connectivity index (χ0n) is 9.76. The third kappa shape index (κ3) is 4.96. The van der Waals surface area contributed by atoms with E-state index < -0.39 is 0 Å². The molecule has 0 aromatic rings. The average molecular weight is 224 g/mol. The predicted octanol–water partition coefficient (Wildman–Crippen LogP) is 0.936. The first-order chi connectivity index (χ1) is 7.77. The molecule has 0 aromatic carbocycles. The summed E-state index contributed by atoms with van der Waals surface area (Å²) in [6, 6.07) is 0.370. The van der Waals surface area contributed by atoms with Crippen LogP contribution in [-0.4, -0.2) is 37.4 Å². The molecule has 2 amide bonds. The minimum absolute atomic E-state index is 0.370. The van der Waals surface area contributed by atoms with E-state index in [1.165, 1.54) is 0 Å². The Labute approximate surface area is 96.7 Å². The Morgan fingerprint density at radius 2 is 2.19 bits per heavy atom. The Kier molecular flexibility index (Phi) is 5.61. The highest BCUT2D eigenvalue weighted by Gasteiger charge is 2.33. The van der Waals surface area contributed by atoms with E-state index in [0.717, 1.165) is 45.0 Å². The molecule has 1 N–H and O–H groups in total. The molecule has 4 nitrogen and oxygen atoms in total. The van der Waals surface area contributed by atoms with Gasteiger partial charge in [0.25, 0.3) is 0 Å². The fraction of sp³-hybridized carbons (Fsp3) is 0.667. The summed E-state index contributed by atoms with van der Waals surface area (Å²) in [5.74, 6) is 0.544. The van der Waals surface area contributed by atoms with Crippen molar-refractivity contribution in [2.24, 2.45) is 5.92 Å². The second-order valence-corrected chi connectivity index (χ2v) is 4.30. The van der Waals surface area contributed by atoms with Crippen LogP contribution in [0.15, 0.2) is 12.2 Å². The van der Waals surface area contributed by atoms with Gasteiger partial charge in [0.15, 0.2) is 0 Å². The van der Waals surface area contributed by atoms with Crippen molar-refractivity contribution in [3.05, 3.63) is 12.2 Å². The van der Waals surface area contributed by atoms with E-state index in [1.807, 2.05) is 0 Å². The number of unbranched alkanes of at least 4 members (excludes halogenated alkanes) is 2. The third-order valence-electron chi connectivity index (χ3n) is 2.82. The van der Waals surface area contributed by atoms with Gasteiger partial charge in [-0.1, -0.05) is 12.2 Å². The van der Waals surface area contributed by atoms with Gasteiger partial charge in [0.2, 0.25) is 12.8 Å². The second kappa shape index (κ2) is 7.04. The molecule has 2 atom stereocenters. The molecule has 1 aliphatic rings. The Hall–Kier alpha value is -1.32. The first-order valence-electron chi connectivity index (χ1n) is 5.80. The smallest absolute Gasteiger partial charge is 0.209 e. The number of nitrogens with one attached hydrogen (secondary N) is 1. The average Bonchev–Trinajstić information content (AvgIpc) is 3.02. The highest BCUT2D eigenvalue weighted by molar-refractivity contribution is 5.48. The molecule has 0 unspecified atom stereocenters. The number of hydrogen-bond donors (Lipinski definition) is 1. The summed E-state index contributed by atoms with van der Waals surface area (Å²) >= 11 is 0. The molecular weight excluding hydrogens is 204 g/mol. The highest BCUT2D eigenvalue weighted by atomic mass is 16.1. The molecule has 0 radical (unpaired) electrons. The van der Waals surface area contributed by atoms with Crippen molar-refractivity contribution in [2.45, 2.75) is 31.7 Å². The highest BCUT2D eigenvalue weighted by Crippen LogP contribution is 2.31. The van der Waals surface area contributed by atoms with E-state index in [0.29, 0.717) is 12.0 Å². The van der Waals surface area contributed by atoms with Crippen LogP contribution in [-0.2, 0) is 9.59 Å². The lowest BCUT2D eigenvalue weighted by molar-refractivity contribution is -0.117. The van der Waals surface area contributed by atoms with Gasteiger partial charge in [-0.25, -0.2) is 0 Å². The van der Waals surface area contributed by atoms with Crippen molar-refractivity contribution < 1.29 is 9.59 Å². The van der Waals surface area contributed by atoms with Crippen LogP contribution in [0, 0.1) is 5.92 Å². The van der Waals surface area contributed by atoms with Gasteiger partial charge < -0.3 is 10.2 Å². The van der Waals surface area contributed by atoms with Crippen LogP contribution >= 0.6 is 0 Å². The molecule has 1 saturated carbocycles. The maximum absolute atomic E-state index is 10.3. The zero-order valence-corrected chi connectivity index (χ0v) is 9.76. The summed E-state index contributed by atoms with van der Waals surface area (Å²) < 4.78 is 0. The molecule has 16 heavy (non-hydrogen) atoms. The van der Waals surface area contributed by atoms with E-state index in [9.17, 15) is 9.59 Å². The fourth-order valence-electron chi connectivity index (χ4n) is 1.65. The monoisotopic (exact) mass is 224 g/mol. The molecule has 0 aromatic heterocycles. The molecule has 0 bridgehead atoms. The number of carbonyl (C=O) groups is 2. The van der Waals surface area contributed by atoms with E-state index in [4.69, 9.17) is 0 Å². The van der Waals surface area contributed by atoms with Crippen molar-refractivity contribution in [2.75, 3.05) is 13.6 Å². The van der Waals surface area contributed by atoms with E-state index in [2.05, 4.69) is 17.5 Å². The Morgan fingerprint density at radius 3 is 2.88 bits per heavy atom. The number of nitrogens with zero attached hydrogens (tertiary/aromatic N) is 1.